The van der Waals surface area contributed by atoms with Crippen molar-refractivity contribution in [3.63, 3.8) is 0 Å². The number of rotatable bonds is 2. The van der Waals surface area contributed by atoms with E-state index in [9.17, 15) is 9.59 Å². The molecule has 0 N–H and O–H groups in total. The van der Waals surface area contributed by atoms with Gasteiger partial charge in [0.2, 0.25) is 5.91 Å². The molecule has 0 spiro atoms. The van der Waals surface area contributed by atoms with Crippen LogP contribution >= 0.6 is 11.6 Å². The number of nitriles is 1. The summed E-state index contributed by atoms with van der Waals surface area (Å²) < 4.78 is 5.34. The molecule has 1 aliphatic heterocycles. The van der Waals surface area contributed by atoms with Gasteiger partial charge >= 0.3 is 6.09 Å². The van der Waals surface area contributed by atoms with Crippen LogP contribution < -0.4 is 4.90 Å². The molecule has 2 atom stereocenters. The van der Waals surface area contributed by atoms with Crippen molar-refractivity contribution in [1.29, 1.82) is 5.26 Å². The van der Waals surface area contributed by atoms with Gasteiger partial charge < -0.3 is 4.74 Å². The smallest absolute Gasteiger partial charge is 0.421 e. The monoisotopic (exact) mass is 334 g/mol. The summed E-state index contributed by atoms with van der Waals surface area (Å²) in [7, 11) is 0. The van der Waals surface area contributed by atoms with E-state index in [4.69, 9.17) is 21.6 Å². The third-order valence-corrected chi connectivity index (χ3v) is 3.97. The van der Waals surface area contributed by atoms with E-state index >= 15 is 0 Å². The Kier molecular flexibility index (Phi) is 4.41. The van der Waals surface area contributed by atoms with Gasteiger partial charge in [0, 0.05) is 0 Å². The van der Waals surface area contributed by atoms with Crippen LogP contribution in [0.25, 0.3) is 0 Å². The topological polar surface area (TPSA) is 70.4 Å². The maximum atomic E-state index is 12.9. The first kappa shape index (κ1) is 17.3. The van der Waals surface area contributed by atoms with E-state index < -0.39 is 28.4 Å². The van der Waals surface area contributed by atoms with Gasteiger partial charge in [0.25, 0.3) is 0 Å². The standard InChI is InChI=1S/C17H19ClN2O3/c1-16(2,3)23-15(22)20-13-8-6-5-7-12(13)17(4,14(20)21)9-11(18)10-19/h5-8,11H,9H2,1-4H3/t11-,17-/m0/s1. The van der Waals surface area contributed by atoms with E-state index in [1.54, 1.807) is 52.0 Å². The number of benzene rings is 1. The molecule has 2 rings (SSSR count). The molecule has 1 aromatic rings. The SMILES string of the molecule is CC(C)(C)OC(=O)N1C(=O)[C@@](C)(C[C@H](Cl)C#N)c2ccccc21. The van der Waals surface area contributed by atoms with E-state index in [1.807, 2.05) is 6.07 Å². The second-order valence-corrected chi connectivity index (χ2v) is 7.30. The highest BCUT2D eigenvalue weighted by molar-refractivity contribution is 6.24. The van der Waals surface area contributed by atoms with Crippen LogP contribution in [0.4, 0.5) is 10.5 Å². The largest absolute Gasteiger partial charge is 0.443 e. The molecule has 2 amide bonds. The third-order valence-electron chi connectivity index (χ3n) is 3.72. The zero-order chi connectivity index (χ0) is 17.4. The van der Waals surface area contributed by atoms with Crippen LogP contribution in [0, 0.1) is 11.3 Å². The van der Waals surface area contributed by atoms with Gasteiger partial charge in [-0.2, -0.15) is 5.26 Å². The number of hydrogen-bond acceptors (Lipinski definition) is 4. The van der Waals surface area contributed by atoms with E-state index in [1.165, 1.54) is 0 Å². The quantitative estimate of drug-likeness (QED) is 0.772. The van der Waals surface area contributed by atoms with Gasteiger partial charge in [0.15, 0.2) is 0 Å². The molecule has 0 aromatic heterocycles. The molecule has 1 aromatic carbocycles. The highest BCUT2D eigenvalue weighted by Gasteiger charge is 2.51. The molecular weight excluding hydrogens is 316 g/mol. The molecule has 0 bridgehead atoms. The van der Waals surface area contributed by atoms with E-state index in [2.05, 4.69) is 0 Å². The number of ether oxygens (including phenoxy) is 1. The highest BCUT2D eigenvalue weighted by Crippen LogP contribution is 2.45. The lowest BCUT2D eigenvalue weighted by Crippen LogP contribution is -2.44. The number of nitrogens with zero attached hydrogens (tertiary/aromatic N) is 2. The third kappa shape index (κ3) is 3.18. The van der Waals surface area contributed by atoms with Crippen LogP contribution in [-0.2, 0) is 14.9 Å². The van der Waals surface area contributed by atoms with Gasteiger partial charge in [-0.1, -0.05) is 18.2 Å². The number of amides is 2. The first-order valence-corrected chi connectivity index (χ1v) is 7.74. The molecule has 5 nitrogen and oxygen atoms in total. The predicted molar refractivity (Wildman–Crippen MR) is 87.4 cm³/mol. The Hall–Kier alpha value is -2.06. The number of alkyl halides is 1. The molecule has 0 fully saturated rings. The molecule has 23 heavy (non-hydrogen) atoms. The van der Waals surface area contributed by atoms with Crippen LogP contribution in [0.5, 0.6) is 0 Å². The summed E-state index contributed by atoms with van der Waals surface area (Å²) in [6.07, 6.45) is -0.595. The Balaban J connectivity index is 2.47. The van der Waals surface area contributed by atoms with Crippen molar-refractivity contribution in [2.45, 2.75) is 50.5 Å². The lowest BCUT2D eigenvalue weighted by molar-refractivity contribution is -0.122. The minimum absolute atomic E-state index is 0.125. The van der Waals surface area contributed by atoms with Gasteiger partial charge in [0.05, 0.1) is 17.2 Å². The van der Waals surface area contributed by atoms with Crippen molar-refractivity contribution >= 4 is 29.3 Å². The molecule has 0 saturated heterocycles. The highest BCUT2D eigenvalue weighted by atomic mass is 35.5. The normalized spacial score (nSPS) is 21.6. The molecule has 0 aliphatic carbocycles. The van der Waals surface area contributed by atoms with Gasteiger partial charge in [0.1, 0.15) is 11.0 Å². The number of carbonyl (C=O) groups excluding carboxylic acids is 2. The molecule has 6 heteroatoms. The number of imide groups is 1. The summed E-state index contributed by atoms with van der Waals surface area (Å²) in [4.78, 5) is 26.4. The summed E-state index contributed by atoms with van der Waals surface area (Å²) in [6, 6.07) is 8.94. The number of halogens is 1. The number of hydrogen-bond donors (Lipinski definition) is 0. The Morgan fingerprint density at radius 2 is 2.04 bits per heavy atom. The Morgan fingerprint density at radius 1 is 1.43 bits per heavy atom. The van der Waals surface area contributed by atoms with Gasteiger partial charge in [-0.3, -0.25) is 4.79 Å². The second kappa shape index (κ2) is 5.86. The average molecular weight is 335 g/mol. The molecule has 1 heterocycles. The van der Waals surface area contributed by atoms with Crippen molar-refractivity contribution in [2.75, 3.05) is 4.90 Å². The molecule has 1 aliphatic rings. The molecule has 0 radical (unpaired) electrons. The number of para-hydroxylation sites is 1. The molecule has 0 saturated carbocycles. The predicted octanol–water partition coefficient (Wildman–Crippen LogP) is 3.75. The Labute approximate surface area is 140 Å². The number of anilines is 1. The minimum atomic E-state index is -1.03. The first-order valence-electron chi connectivity index (χ1n) is 7.31. The molecule has 0 unspecified atom stereocenters. The lowest BCUT2D eigenvalue weighted by atomic mass is 9.79. The molecular formula is C17H19ClN2O3. The minimum Gasteiger partial charge on any atom is -0.443 e. The summed E-state index contributed by atoms with van der Waals surface area (Å²) in [5.41, 5.74) is -0.587. The summed E-state index contributed by atoms with van der Waals surface area (Å²) in [5.74, 6) is -0.422. The van der Waals surface area contributed by atoms with Crippen LogP contribution in [0.1, 0.15) is 39.7 Å². The van der Waals surface area contributed by atoms with Crippen molar-refractivity contribution < 1.29 is 14.3 Å². The molecule has 122 valence electrons. The fourth-order valence-corrected chi connectivity index (χ4v) is 3.01. The van der Waals surface area contributed by atoms with Crippen molar-refractivity contribution in [1.82, 2.24) is 0 Å². The van der Waals surface area contributed by atoms with Crippen molar-refractivity contribution in [3.05, 3.63) is 29.8 Å². The fraction of sp³-hybridized carbons (Fsp3) is 0.471. The van der Waals surface area contributed by atoms with Crippen molar-refractivity contribution in [3.8, 4) is 6.07 Å². The van der Waals surface area contributed by atoms with Crippen LogP contribution in [0.15, 0.2) is 24.3 Å². The first-order chi connectivity index (χ1) is 10.6. The lowest BCUT2D eigenvalue weighted by Gasteiger charge is -2.26. The zero-order valence-electron chi connectivity index (χ0n) is 13.6. The maximum absolute atomic E-state index is 12.9. The second-order valence-electron chi connectivity index (χ2n) is 6.77. The van der Waals surface area contributed by atoms with Gasteiger partial charge in [-0.15, -0.1) is 11.6 Å². The van der Waals surface area contributed by atoms with Crippen LogP contribution in [-0.4, -0.2) is 23.0 Å². The zero-order valence-corrected chi connectivity index (χ0v) is 14.3. The maximum Gasteiger partial charge on any atom is 0.421 e. The van der Waals surface area contributed by atoms with Gasteiger partial charge in [-0.05, 0) is 45.7 Å². The van der Waals surface area contributed by atoms with E-state index in [0.29, 0.717) is 11.3 Å². The fourth-order valence-electron chi connectivity index (χ4n) is 2.70. The number of carbonyl (C=O) groups is 2. The van der Waals surface area contributed by atoms with Gasteiger partial charge in [-0.25, -0.2) is 9.69 Å². The van der Waals surface area contributed by atoms with E-state index in [0.717, 1.165) is 4.90 Å². The van der Waals surface area contributed by atoms with E-state index in [-0.39, 0.29) is 6.42 Å². The average Bonchev–Trinajstić information content (AvgIpc) is 2.66. The van der Waals surface area contributed by atoms with Crippen LogP contribution in [0.2, 0.25) is 0 Å². The van der Waals surface area contributed by atoms with Crippen molar-refractivity contribution in [2.24, 2.45) is 0 Å². The summed E-state index contributed by atoms with van der Waals surface area (Å²) in [5, 5.41) is 8.15. The summed E-state index contributed by atoms with van der Waals surface area (Å²) in [6.45, 7) is 6.91. The van der Waals surface area contributed by atoms with Crippen LogP contribution in [0.3, 0.4) is 0 Å². The Morgan fingerprint density at radius 3 is 2.61 bits per heavy atom. The summed E-state index contributed by atoms with van der Waals surface area (Å²) >= 11 is 5.95. The Bertz CT molecular complexity index is 690. The number of fused-ring (bicyclic) bond motifs is 1.